The molecule has 9 nitrogen and oxygen atoms in total. The summed E-state index contributed by atoms with van der Waals surface area (Å²) in [5.41, 5.74) is 1.96. The third-order valence-corrected chi connectivity index (χ3v) is 7.92. The van der Waals surface area contributed by atoms with E-state index in [0.717, 1.165) is 36.2 Å². The molecule has 0 bridgehead atoms. The highest BCUT2D eigenvalue weighted by molar-refractivity contribution is 6.33. The van der Waals surface area contributed by atoms with Gasteiger partial charge >= 0.3 is 6.01 Å². The standard InChI is InChI=1S/C26H28ClN7O2/c1-3-22(35)33-11-8-20-21(33)14-34(20)25-18-12-19(27)23(16-6-4-9-28-13-16)29-24(18)30-26(31-25)36-15-17-7-5-10-32(17)2/h3-4,6,9,12-13,17,20-21H,1,5,7-8,10-11,14-15H2,2H3/t17-,20+,21+/m0/s1. The number of pyridine rings is 2. The largest absolute Gasteiger partial charge is 0.462 e. The van der Waals surface area contributed by atoms with Gasteiger partial charge in [-0.15, -0.1) is 0 Å². The van der Waals surface area contributed by atoms with Crippen molar-refractivity contribution < 1.29 is 9.53 Å². The van der Waals surface area contributed by atoms with Crippen LogP contribution in [0.2, 0.25) is 5.02 Å². The maximum Gasteiger partial charge on any atom is 0.320 e. The van der Waals surface area contributed by atoms with E-state index in [9.17, 15) is 4.79 Å². The summed E-state index contributed by atoms with van der Waals surface area (Å²) >= 11 is 6.71. The molecule has 0 saturated carbocycles. The van der Waals surface area contributed by atoms with Gasteiger partial charge < -0.3 is 19.4 Å². The first-order valence-corrected chi connectivity index (χ1v) is 12.7. The summed E-state index contributed by atoms with van der Waals surface area (Å²) in [4.78, 5) is 37.3. The van der Waals surface area contributed by atoms with Gasteiger partial charge in [0.25, 0.3) is 0 Å². The predicted octanol–water partition coefficient (Wildman–Crippen LogP) is 3.19. The summed E-state index contributed by atoms with van der Waals surface area (Å²) < 4.78 is 6.14. The Kier molecular flexibility index (Phi) is 5.97. The van der Waals surface area contributed by atoms with Gasteiger partial charge in [-0.2, -0.15) is 9.97 Å². The minimum atomic E-state index is -0.0229. The summed E-state index contributed by atoms with van der Waals surface area (Å²) in [6.07, 6.45) is 7.97. The number of likely N-dealkylation sites (N-methyl/N-ethyl adjacent to an activating group) is 1. The molecule has 1 amide bonds. The average molecular weight is 506 g/mol. The number of carbonyl (C=O) groups excluding carboxylic acids is 1. The first kappa shape index (κ1) is 23.1. The summed E-state index contributed by atoms with van der Waals surface area (Å²) in [5.74, 6) is 0.723. The molecule has 6 heterocycles. The fraction of sp³-hybridized carbons (Fsp3) is 0.423. The first-order chi connectivity index (χ1) is 17.5. The van der Waals surface area contributed by atoms with Crippen LogP contribution in [0.15, 0.2) is 43.2 Å². The van der Waals surface area contributed by atoms with Gasteiger partial charge in [0, 0.05) is 37.1 Å². The lowest BCUT2D eigenvalue weighted by Gasteiger charge is -2.47. The van der Waals surface area contributed by atoms with Gasteiger partial charge in [0.05, 0.1) is 28.2 Å². The van der Waals surface area contributed by atoms with E-state index in [0.29, 0.717) is 48.1 Å². The molecule has 0 aliphatic carbocycles. The molecule has 3 saturated heterocycles. The predicted molar refractivity (Wildman–Crippen MR) is 138 cm³/mol. The Morgan fingerprint density at radius 2 is 2.14 bits per heavy atom. The molecule has 3 aliphatic rings. The van der Waals surface area contributed by atoms with Crippen molar-refractivity contribution in [1.82, 2.24) is 29.7 Å². The van der Waals surface area contributed by atoms with Crippen LogP contribution in [-0.2, 0) is 4.79 Å². The maximum atomic E-state index is 12.3. The molecule has 3 aromatic rings. The van der Waals surface area contributed by atoms with Crippen molar-refractivity contribution in [3.05, 3.63) is 48.3 Å². The van der Waals surface area contributed by atoms with Crippen molar-refractivity contribution in [2.75, 3.05) is 38.2 Å². The molecule has 3 aliphatic heterocycles. The summed E-state index contributed by atoms with van der Waals surface area (Å²) in [5, 5.41) is 1.28. The first-order valence-electron chi connectivity index (χ1n) is 12.3. The van der Waals surface area contributed by atoms with Crippen molar-refractivity contribution in [3.8, 4) is 17.3 Å². The van der Waals surface area contributed by atoms with E-state index >= 15 is 0 Å². The van der Waals surface area contributed by atoms with Crippen LogP contribution >= 0.6 is 11.6 Å². The highest BCUT2D eigenvalue weighted by atomic mass is 35.5. The molecule has 0 spiro atoms. The minimum Gasteiger partial charge on any atom is -0.462 e. The van der Waals surface area contributed by atoms with E-state index in [-0.39, 0.29) is 18.0 Å². The van der Waals surface area contributed by atoms with Gasteiger partial charge in [-0.25, -0.2) is 4.98 Å². The quantitative estimate of drug-likeness (QED) is 0.472. The molecule has 36 heavy (non-hydrogen) atoms. The van der Waals surface area contributed by atoms with Crippen LogP contribution in [0.4, 0.5) is 5.82 Å². The van der Waals surface area contributed by atoms with Crippen LogP contribution in [0.1, 0.15) is 19.3 Å². The van der Waals surface area contributed by atoms with Crippen LogP contribution in [0.5, 0.6) is 6.01 Å². The Balaban J connectivity index is 1.38. The lowest BCUT2D eigenvalue weighted by atomic mass is 9.96. The topological polar surface area (TPSA) is 87.6 Å². The van der Waals surface area contributed by atoms with Gasteiger partial charge in [0.1, 0.15) is 12.4 Å². The van der Waals surface area contributed by atoms with Gasteiger partial charge in [-0.1, -0.05) is 18.2 Å². The smallest absolute Gasteiger partial charge is 0.320 e. The maximum absolute atomic E-state index is 12.3. The lowest BCUT2D eigenvalue weighted by Crippen LogP contribution is -2.63. The molecular formula is C26H28ClN7O2. The van der Waals surface area contributed by atoms with Crippen molar-refractivity contribution in [2.45, 2.75) is 37.4 Å². The number of rotatable bonds is 6. The third kappa shape index (κ3) is 3.96. The fourth-order valence-corrected chi connectivity index (χ4v) is 5.86. The number of hydrogen-bond donors (Lipinski definition) is 0. The second kappa shape index (κ2) is 9.29. The minimum absolute atomic E-state index is 0.0229. The molecule has 10 heteroatoms. The Bertz CT molecular complexity index is 1320. The number of anilines is 1. The summed E-state index contributed by atoms with van der Waals surface area (Å²) in [7, 11) is 2.12. The second-order valence-electron chi connectivity index (χ2n) is 9.66. The Labute approximate surface area is 214 Å². The zero-order valence-corrected chi connectivity index (χ0v) is 20.9. The summed E-state index contributed by atoms with van der Waals surface area (Å²) in [6.45, 7) is 6.64. The van der Waals surface area contributed by atoms with Gasteiger partial charge in [-0.3, -0.25) is 9.78 Å². The van der Waals surface area contributed by atoms with Crippen LogP contribution < -0.4 is 9.64 Å². The van der Waals surface area contributed by atoms with Gasteiger partial charge in [0.2, 0.25) is 5.91 Å². The van der Waals surface area contributed by atoms with E-state index in [1.165, 1.54) is 12.5 Å². The van der Waals surface area contributed by atoms with E-state index in [1.807, 2.05) is 23.1 Å². The van der Waals surface area contributed by atoms with Gasteiger partial charge in [-0.05, 0) is 57.1 Å². The summed E-state index contributed by atoms with van der Waals surface area (Å²) in [6, 6.07) is 6.64. The molecule has 3 aromatic heterocycles. The number of hydrogen-bond acceptors (Lipinski definition) is 8. The average Bonchev–Trinajstić information content (AvgIpc) is 3.44. The van der Waals surface area contributed by atoms with Crippen molar-refractivity contribution in [1.29, 1.82) is 0 Å². The second-order valence-corrected chi connectivity index (χ2v) is 10.1. The van der Waals surface area contributed by atoms with E-state index < -0.39 is 0 Å². The number of halogens is 1. The Morgan fingerprint density at radius 1 is 1.25 bits per heavy atom. The monoisotopic (exact) mass is 505 g/mol. The highest BCUT2D eigenvalue weighted by Gasteiger charge is 2.49. The Hall–Kier alpha value is -3.30. The normalized spacial score (nSPS) is 23.6. The molecule has 0 aromatic carbocycles. The van der Waals surface area contributed by atoms with Crippen molar-refractivity contribution >= 4 is 34.4 Å². The number of likely N-dealkylation sites (tertiary alicyclic amines) is 2. The van der Waals surface area contributed by atoms with Crippen LogP contribution in [0, 0.1) is 0 Å². The number of amides is 1. The highest BCUT2D eigenvalue weighted by Crippen LogP contribution is 2.40. The number of aromatic nitrogens is 4. The number of fused-ring (bicyclic) bond motifs is 2. The molecule has 6 rings (SSSR count). The number of carbonyl (C=O) groups is 1. The number of nitrogens with zero attached hydrogens (tertiary/aromatic N) is 7. The van der Waals surface area contributed by atoms with Crippen LogP contribution in [0.25, 0.3) is 22.3 Å². The SMILES string of the molecule is C=CC(=O)N1CC[C@@H]2[C@H]1CN2c1nc(OC[C@@H]2CCCN2C)nc2nc(-c3cccnc3)c(Cl)cc12. The fourth-order valence-electron chi connectivity index (χ4n) is 5.60. The van der Waals surface area contributed by atoms with Crippen molar-refractivity contribution in [2.24, 2.45) is 0 Å². The molecule has 0 N–H and O–H groups in total. The zero-order valence-electron chi connectivity index (χ0n) is 20.2. The third-order valence-electron chi connectivity index (χ3n) is 7.64. The van der Waals surface area contributed by atoms with E-state index in [2.05, 4.69) is 33.4 Å². The zero-order chi connectivity index (χ0) is 24.8. The molecule has 3 fully saturated rings. The molecule has 3 atom stereocenters. The van der Waals surface area contributed by atoms with Crippen molar-refractivity contribution in [3.63, 3.8) is 0 Å². The number of ether oxygens (including phenoxy) is 1. The van der Waals surface area contributed by atoms with E-state index in [4.69, 9.17) is 26.3 Å². The Morgan fingerprint density at radius 3 is 2.89 bits per heavy atom. The lowest BCUT2D eigenvalue weighted by molar-refractivity contribution is -0.127. The molecule has 0 radical (unpaired) electrons. The molecular weight excluding hydrogens is 478 g/mol. The van der Waals surface area contributed by atoms with Crippen LogP contribution in [0.3, 0.4) is 0 Å². The van der Waals surface area contributed by atoms with Gasteiger partial charge in [0.15, 0.2) is 5.65 Å². The molecule has 0 unspecified atom stereocenters. The molecule has 186 valence electrons. The van der Waals surface area contributed by atoms with Crippen LogP contribution in [-0.4, -0.2) is 87.1 Å². The van der Waals surface area contributed by atoms with E-state index in [1.54, 1.807) is 12.4 Å².